The molecule has 1 saturated heterocycles. The van der Waals surface area contributed by atoms with Gasteiger partial charge in [-0.1, -0.05) is 13.0 Å². The van der Waals surface area contributed by atoms with Crippen molar-refractivity contribution in [3.63, 3.8) is 0 Å². The van der Waals surface area contributed by atoms with E-state index in [1.165, 1.54) is 4.31 Å². The zero-order valence-electron chi connectivity index (χ0n) is 14.4. The molecule has 1 fully saturated rings. The first-order valence-corrected chi connectivity index (χ1v) is 10.3. The summed E-state index contributed by atoms with van der Waals surface area (Å²) in [7, 11) is -3.20. The molecule has 0 spiro atoms. The number of nitrogens with one attached hydrogen (secondary N) is 1. The number of amides is 1. The summed E-state index contributed by atoms with van der Waals surface area (Å²) in [5.74, 6) is 0.208. The van der Waals surface area contributed by atoms with Gasteiger partial charge in [-0.25, -0.2) is 17.7 Å². The Labute approximate surface area is 148 Å². The van der Waals surface area contributed by atoms with Crippen molar-refractivity contribution in [1.29, 1.82) is 0 Å². The van der Waals surface area contributed by atoms with Crippen LogP contribution in [0.2, 0.25) is 0 Å². The van der Waals surface area contributed by atoms with E-state index < -0.39 is 10.0 Å². The molecule has 136 valence electrons. The van der Waals surface area contributed by atoms with Gasteiger partial charge in [0.25, 0.3) is 0 Å². The van der Waals surface area contributed by atoms with Crippen LogP contribution in [0.15, 0.2) is 24.5 Å². The summed E-state index contributed by atoms with van der Waals surface area (Å²) in [5.41, 5.74) is 2.72. The maximum atomic E-state index is 12.6. The topological polar surface area (TPSA) is 86.4 Å². The lowest BCUT2D eigenvalue weighted by molar-refractivity contribution is -0.130. The lowest BCUT2D eigenvalue weighted by Gasteiger charge is -2.22. The standard InChI is InChI=1S/C17H24N4O3S/c1-2-10-25(23,24)21-7-3-6-20(8-9-21)17(22)12-14-4-5-15-16(11-14)19-13-18-15/h4-5,11,13H,2-3,6-10,12H2,1H3,(H,18,19). The Balaban J connectivity index is 1.62. The van der Waals surface area contributed by atoms with Crippen LogP contribution in [0.1, 0.15) is 25.3 Å². The van der Waals surface area contributed by atoms with Crippen molar-refractivity contribution in [1.82, 2.24) is 19.2 Å². The van der Waals surface area contributed by atoms with Gasteiger partial charge in [0.05, 0.1) is 29.5 Å². The molecule has 0 bridgehead atoms. The number of H-pyrrole nitrogens is 1. The molecule has 0 unspecified atom stereocenters. The Morgan fingerprint density at radius 2 is 2.08 bits per heavy atom. The quantitative estimate of drug-likeness (QED) is 0.868. The van der Waals surface area contributed by atoms with E-state index in [-0.39, 0.29) is 11.7 Å². The Morgan fingerprint density at radius 1 is 1.24 bits per heavy atom. The monoisotopic (exact) mass is 364 g/mol. The number of benzene rings is 1. The first-order valence-electron chi connectivity index (χ1n) is 8.67. The zero-order chi connectivity index (χ0) is 17.9. The minimum absolute atomic E-state index is 0.0357. The number of sulfonamides is 1. The highest BCUT2D eigenvalue weighted by atomic mass is 32.2. The number of imidazole rings is 1. The molecule has 3 rings (SSSR count). The number of hydrogen-bond donors (Lipinski definition) is 1. The molecule has 25 heavy (non-hydrogen) atoms. The average Bonchev–Trinajstić information content (AvgIpc) is 2.88. The maximum Gasteiger partial charge on any atom is 0.227 e. The predicted octanol–water partition coefficient (Wildman–Crippen LogP) is 1.38. The third-order valence-electron chi connectivity index (χ3n) is 4.50. The molecular formula is C17H24N4O3S. The molecular weight excluding hydrogens is 340 g/mol. The summed E-state index contributed by atoms with van der Waals surface area (Å²) in [6, 6.07) is 5.75. The molecule has 1 amide bonds. The van der Waals surface area contributed by atoms with Crippen LogP contribution in [0, 0.1) is 0 Å². The smallest absolute Gasteiger partial charge is 0.227 e. The van der Waals surface area contributed by atoms with Gasteiger partial charge in [-0.05, 0) is 30.5 Å². The van der Waals surface area contributed by atoms with Crippen molar-refractivity contribution < 1.29 is 13.2 Å². The summed E-state index contributed by atoms with van der Waals surface area (Å²) in [4.78, 5) is 21.6. The molecule has 2 heterocycles. The second kappa shape index (κ2) is 7.53. The highest BCUT2D eigenvalue weighted by Crippen LogP contribution is 2.14. The van der Waals surface area contributed by atoms with Crippen LogP contribution in [-0.2, 0) is 21.2 Å². The summed E-state index contributed by atoms with van der Waals surface area (Å²) in [5, 5.41) is 0. The van der Waals surface area contributed by atoms with Crippen LogP contribution >= 0.6 is 0 Å². The molecule has 0 radical (unpaired) electrons. The highest BCUT2D eigenvalue weighted by Gasteiger charge is 2.26. The number of rotatable bonds is 5. The van der Waals surface area contributed by atoms with E-state index in [9.17, 15) is 13.2 Å². The van der Waals surface area contributed by atoms with Gasteiger partial charge in [0, 0.05) is 26.2 Å². The van der Waals surface area contributed by atoms with Crippen LogP contribution in [0.25, 0.3) is 11.0 Å². The minimum Gasteiger partial charge on any atom is -0.345 e. The summed E-state index contributed by atoms with van der Waals surface area (Å²) >= 11 is 0. The Hall–Kier alpha value is -1.93. The second-order valence-electron chi connectivity index (χ2n) is 6.38. The first kappa shape index (κ1) is 17.9. The van der Waals surface area contributed by atoms with Crippen LogP contribution < -0.4 is 0 Å². The van der Waals surface area contributed by atoms with E-state index in [0.29, 0.717) is 45.4 Å². The summed E-state index contributed by atoms with van der Waals surface area (Å²) < 4.78 is 26.0. The van der Waals surface area contributed by atoms with E-state index in [1.54, 1.807) is 11.2 Å². The number of fused-ring (bicyclic) bond motifs is 1. The number of carbonyl (C=O) groups excluding carboxylic acids is 1. The van der Waals surface area contributed by atoms with E-state index in [0.717, 1.165) is 16.6 Å². The van der Waals surface area contributed by atoms with Crippen molar-refractivity contribution in [2.24, 2.45) is 0 Å². The van der Waals surface area contributed by atoms with Gasteiger partial charge in [-0.3, -0.25) is 4.79 Å². The molecule has 1 aliphatic heterocycles. The van der Waals surface area contributed by atoms with E-state index in [4.69, 9.17) is 0 Å². The lowest BCUT2D eigenvalue weighted by atomic mass is 10.1. The second-order valence-corrected chi connectivity index (χ2v) is 8.47. The van der Waals surface area contributed by atoms with Gasteiger partial charge < -0.3 is 9.88 Å². The molecule has 1 aromatic heterocycles. The molecule has 1 N–H and O–H groups in total. The zero-order valence-corrected chi connectivity index (χ0v) is 15.3. The van der Waals surface area contributed by atoms with Gasteiger partial charge in [0.1, 0.15) is 0 Å². The third kappa shape index (κ3) is 4.19. The molecule has 1 aliphatic rings. The molecule has 0 saturated carbocycles. The number of nitrogens with zero attached hydrogens (tertiary/aromatic N) is 3. The summed E-state index contributed by atoms with van der Waals surface area (Å²) in [6.07, 6.45) is 3.24. The predicted molar refractivity (Wildman–Crippen MR) is 96.6 cm³/mol. The number of carbonyl (C=O) groups is 1. The van der Waals surface area contributed by atoms with E-state index in [1.807, 2.05) is 25.1 Å². The van der Waals surface area contributed by atoms with Crippen molar-refractivity contribution >= 4 is 27.0 Å². The van der Waals surface area contributed by atoms with Gasteiger partial charge in [-0.15, -0.1) is 0 Å². The fraction of sp³-hybridized carbons (Fsp3) is 0.529. The molecule has 7 nitrogen and oxygen atoms in total. The fourth-order valence-electron chi connectivity index (χ4n) is 3.19. The first-order chi connectivity index (χ1) is 12.0. The van der Waals surface area contributed by atoms with Crippen molar-refractivity contribution in [3.8, 4) is 0 Å². The molecule has 8 heteroatoms. The lowest BCUT2D eigenvalue weighted by Crippen LogP contribution is -2.38. The fourth-order valence-corrected chi connectivity index (χ4v) is 4.73. The van der Waals surface area contributed by atoms with E-state index >= 15 is 0 Å². The molecule has 2 aromatic rings. The molecule has 0 atom stereocenters. The minimum atomic E-state index is -3.20. The number of hydrogen-bond acceptors (Lipinski definition) is 4. The largest absolute Gasteiger partial charge is 0.345 e. The van der Waals surface area contributed by atoms with Crippen LogP contribution in [0.4, 0.5) is 0 Å². The van der Waals surface area contributed by atoms with E-state index in [2.05, 4.69) is 9.97 Å². The summed E-state index contributed by atoms with van der Waals surface area (Å²) in [6.45, 7) is 3.79. The van der Waals surface area contributed by atoms with Crippen LogP contribution in [-0.4, -0.2) is 65.4 Å². The Bertz CT molecular complexity index is 846. The van der Waals surface area contributed by atoms with Crippen molar-refractivity contribution in [3.05, 3.63) is 30.1 Å². The highest BCUT2D eigenvalue weighted by molar-refractivity contribution is 7.89. The number of aromatic amines is 1. The molecule has 0 aliphatic carbocycles. The SMILES string of the molecule is CCCS(=O)(=O)N1CCCN(C(=O)Cc2ccc3nc[nH]c3c2)CC1. The third-order valence-corrected chi connectivity index (χ3v) is 6.58. The van der Waals surface area contributed by atoms with Crippen LogP contribution in [0.3, 0.4) is 0 Å². The normalized spacial score (nSPS) is 16.9. The van der Waals surface area contributed by atoms with Gasteiger partial charge in [0.15, 0.2) is 0 Å². The number of aromatic nitrogens is 2. The van der Waals surface area contributed by atoms with Gasteiger partial charge in [-0.2, -0.15) is 0 Å². The van der Waals surface area contributed by atoms with Crippen molar-refractivity contribution in [2.75, 3.05) is 31.9 Å². The van der Waals surface area contributed by atoms with Gasteiger partial charge >= 0.3 is 0 Å². The Morgan fingerprint density at radius 3 is 2.88 bits per heavy atom. The Kier molecular flexibility index (Phi) is 5.39. The maximum absolute atomic E-state index is 12.6. The molecule has 1 aromatic carbocycles. The average molecular weight is 364 g/mol. The van der Waals surface area contributed by atoms with Crippen LogP contribution in [0.5, 0.6) is 0 Å². The van der Waals surface area contributed by atoms with Crippen molar-refractivity contribution in [2.45, 2.75) is 26.2 Å². The van der Waals surface area contributed by atoms with Gasteiger partial charge in [0.2, 0.25) is 15.9 Å².